The van der Waals surface area contributed by atoms with Gasteiger partial charge in [-0.05, 0) is 37.9 Å². The zero-order chi connectivity index (χ0) is 13.4. The fourth-order valence-electron chi connectivity index (χ4n) is 2.00. The Morgan fingerprint density at radius 3 is 2.61 bits per heavy atom. The first-order valence-electron chi connectivity index (χ1n) is 6.31. The van der Waals surface area contributed by atoms with Gasteiger partial charge >= 0.3 is 0 Å². The van der Waals surface area contributed by atoms with Gasteiger partial charge < -0.3 is 9.84 Å². The van der Waals surface area contributed by atoms with Gasteiger partial charge in [0.2, 0.25) is 0 Å². The second-order valence-electron chi connectivity index (χ2n) is 4.49. The second-order valence-corrected chi connectivity index (χ2v) is 4.49. The van der Waals surface area contributed by atoms with E-state index in [9.17, 15) is 4.39 Å². The lowest BCUT2D eigenvalue weighted by Gasteiger charge is -2.30. The van der Waals surface area contributed by atoms with Crippen LogP contribution in [0.4, 0.5) is 4.39 Å². The zero-order valence-corrected chi connectivity index (χ0v) is 10.8. The van der Waals surface area contributed by atoms with Crippen LogP contribution >= 0.6 is 0 Å². The Kier molecular flexibility index (Phi) is 6.68. The Bertz CT molecular complexity index is 307. The minimum atomic E-state index is -0.575. The van der Waals surface area contributed by atoms with E-state index in [2.05, 4.69) is 18.1 Å². The van der Waals surface area contributed by atoms with Crippen LogP contribution in [0.1, 0.15) is 12.8 Å². The van der Waals surface area contributed by atoms with Crippen molar-refractivity contribution >= 4 is 0 Å². The van der Waals surface area contributed by atoms with Crippen LogP contribution in [-0.2, 0) is 4.74 Å². The molecule has 0 aliphatic carbocycles. The van der Waals surface area contributed by atoms with Crippen molar-refractivity contribution in [3.05, 3.63) is 36.9 Å². The van der Waals surface area contributed by atoms with Gasteiger partial charge in [0.25, 0.3) is 0 Å². The summed E-state index contributed by atoms with van der Waals surface area (Å²) in [6, 6.07) is 0. The highest BCUT2D eigenvalue weighted by molar-refractivity contribution is 5.20. The van der Waals surface area contributed by atoms with Crippen molar-refractivity contribution in [1.29, 1.82) is 0 Å². The lowest BCUT2D eigenvalue weighted by Crippen LogP contribution is -2.36. The number of nitrogens with zero attached hydrogens (tertiary/aromatic N) is 1. The molecule has 1 rings (SSSR count). The Morgan fingerprint density at radius 1 is 1.44 bits per heavy atom. The highest BCUT2D eigenvalue weighted by Crippen LogP contribution is 2.16. The third-order valence-electron chi connectivity index (χ3n) is 3.17. The first kappa shape index (κ1) is 14.9. The average Bonchev–Trinajstić information content (AvgIpc) is 2.38. The molecule has 102 valence electrons. The summed E-state index contributed by atoms with van der Waals surface area (Å²) in [5.74, 6) is 0.00754. The van der Waals surface area contributed by atoms with Gasteiger partial charge in [0.1, 0.15) is 6.61 Å². The third kappa shape index (κ3) is 5.02. The molecule has 0 aromatic carbocycles. The summed E-state index contributed by atoms with van der Waals surface area (Å²) in [7, 11) is 0. The number of likely N-dealkylation sites (tertiary alicyclic amines) is 1. The van der Waals surface area contributed by atoms with Crippen molar-refractivity contribution in [2.45, 2.75) is 12.8 Å². The van der Waals surface area contributed by atoms with E-state index in [1.165, 1.54) is 12.2 Å². The average molecular weight is 255 g/mol. The maximum atomic E-state index is 12.9. The predicted molar refractivity (Wildman–Crippen MR) is 70.7 cm³/mol. The van der Waals surface area contributed by atoms with E-state index in [-0.39, 0.29) is 12.4 Å². The number of allylic oxidation sites excluding steroid dienone is 3. The molecule has 0 saturated carbocycles. The summed E-state index contributed by atoms with van der Waals surface area (Å²) < 4.78 is 18.3. The molecule has 0 aromatic heterocycles. The molecule has 1 aliphatic heterocycles. The van der Waals surface area contributed by atoms with Crippen molar-refractivity contribution < 1.29 is 14.2 Å². The molecule has 1 aliphatic rings. The highest BCUT2D eigenvalue weighted by Gasteiger charge is 2.18. The van der Waals surface area contributed by atoms with Crippen LogP contribution in [0.25, 0.3) is 0 Å². The zero-order valence-electron chi connectivity index (χ0n) is 10.8. The molecule has 0 amide bonds. The van der Waals surface area contributed by atoms with Gasteiger partial charge in [-0.2, -0.15) is 0 Å². The Labute approximate surface area is 108 Å². The van der Waals surface area contributed by atoms with E-state index in [1.54, 1.807) is 0 Å². The standard InChI is InChI=1S/C14H22FNO2/c1-3-4-14(12(2)15)18-10-9-16-7-5-13(11-17)6-8-16/h3-4,13,17H,1-2,5-11H2/b14-4+. The summed E-state index contributed by atoms with van der Waals surface area (Å²) >= 11 is 0. The predicted octanol–water partition coefficient (Wildman–Crippen LogP) is 2.26. The molecule has 0 atom stereocenters. The van der Waals surface area contributed by atoms with Crippen LogP contribution in [-0.4, -0.2) is 42.9 Å². The van der Waals surface area contributed by atoms with Crippen LogP contribution < -0.4 is 0 Å². The van der Waals surface area contributed by atoms with Gasteiger partial charge in [-0.15, -0.1) is 0 Å². The molecule has 0 spiro atoms. The lowest BCUT2D eigenvalue weighted by atomic mass is 9.98. The molecule has 1 fully saturated rings. The number of aliphatic hydroxyl groups is 1. The van der Waals surface area contributed by atoms with Gasteiger partial charge in [0.05, 0.1) is 0 Å². The molecule has 0 unspecified atom stereocenters. The Morgan fingerprint density at radius 2 is 2.11 bits per heavy atom. The maximum Gasteiger partial charge on any atom is 0.157 e. The van der Waals surface area contributed by atoms with Crippen LogP contribution in [0.15, 0.2) is 36.9 Å². The normalized spacial score (nSPS) is 18.7. The smallest absolute Gasteiger partial charge is 0.157 e. The number of piperidine rings is 1. The van der Waals surface area contributed by atoms with Crippen LogP contribution in [0.5, 0.6) is 0 Å². The molecular formula is C14H22FNO2. The van der Waals surface area contributed by atoms with Crippen molar-refractivity contribution in [3.63, 3.8) is 0 Å². The number of rotatable bonds is 7. The van der Waals surface area contributed by atoms with Crippen molar-refractivity contribution in [2.24, 2.45) is 5.92 Å². The van der Waals surface area contributed by atoms with Crippen molar-refractivity contribution in [1.82, 2.24) is 4.90 Å². The Hall–Kier alpha value is -1.13. The quantitative estimate of drug-likeness (QED) is 0.559. The van der Waals surface area contributed by atoms with Crippen LogP contribution in [0.3, 0.4) is 0 Å². The summed E-state index contributed by atoms with van der Waals surface area (Å²) in [6.45, 7) is 10.1. The van der Waals surface area contributed by atoms with Gasteiger partial charge in [-0.1, -0.05) is 19.2 Å². The summed E-state index contributed by atoms with van der Waals surface area (Å²) in [5.41, 5.74) is 0. The minimum Gasteiger partial charge on any atom is -0.489 e. The SMILES string of the molecule is C=C/C=C(/OCCN1CCC(CO)CC1)C(=C)F. The maximum absolute atomic E-state index is 12.9. The van der Waals surface area contributed by atoms with E-state index in [0.717, 1.165) is 32.5 Å². The monoisotopic (exact) mass is 255 g/mol. The molecule has 1 heterocycles. The molecule has 18 heavy (non-hydrogen) atoms. The fraction of sp³-hybridized carbons (Fsp3) is 0.571. The molecule has 4 heteroatoms. The third-order valence-corrected chi connectivity index (χ3v) is 3.17. The molecule has 1 saturated heterocycles. The van der Waals surface area contributed by atoms with Gasteiger partial charge in [-0.3, -0.25) is 4.90 Å². The van der Waals surface area contributed by atoms with Gasteiger partial charge in [-0.25, -0.2) is 4.39 Å². The van der Waals surface area contributed by atoms with Crippen LogP contribution in [0.2, 0.25) is 0 Å². The molecular weight excluding hydrogens is 233 g/mol. The lowest BCUT2D eigenvalue weighted by molar-refractivity contribution is 0.104. The molecule has 1 N–H and O–H groups in total. The number of hydrogen-bond acceptors (Lipinski definition) is 3. The van der Waals surface area contributed by atoms with Crippen LogP contribution in [0, 0.1) is 5.92 Å². The van der Waals surface area contributed by atoms with E-state index < -0.39 is 5.83 Å². The van der Waals surface area contributed by atoms with E-state index >= 15 is 0 Å². The molecule has 0 bridgehead atoms. The van der Waals surface area contributed by atoms with E-state index in [4.69, 9.17) is 9.84 Å². The first-order valence-corrected chi connectivity index (χ1v) is 6.31. The summed E-state index contributed by atoms with van der Waals surface area (Å²) in [4.78, 5) is 2.26. The molecule has 3 nitrogen and oxygen atoms in total. The summed E-state index contributed by atoms with van der Waals surface area (Å²) in [6.07, 6.45) is 4.98. The molecule has 0 radical (unpaired) electrons. The van der Waals surface area contributed by atoms with Crippen molar-refractivity contribution in [2.75, 3.05) is 32.8 Å². The minimum absolute atomic E-state index is 0.148. The number of halogens is 1. The molecule has 0 aromatic rings. The number of ether oxygens (including phenoxy) is 1. The highest BCUT2D eigenvalue weighted by atomic mass is 19.1. The largest absolute Gasteiger partial charge is 0.489 e. The topological polar surface area (TPSA) is 32.7 Å². The first-order chi connectivity index (χ1) is 8.67. The summed E-state index contributed by atoms with van der Waals surface area (Å²) in [5, 5.41) is 9.03. The second kappa shape index (κ2) is 8.06. The fourth-order valence-corrected chi connectivity index (χ4v) is 2.00. The number of aliphatic hydroxyl groups excluding tert-OH is 1. The Balaban J connectivity index is 2.23. The van der Waals surface area contributed by atoms with E-state index in [1.807, 2.05) is 0 Å². The van der Waals surface area contributed by atoms with Crippen molar-refractivity contribution in [3.8, 4) is 0 Å². The number of hydrogen-bond donors (Lipinski definition) is 1. The van der Waals surface area contributed by atoms with E-state index in [0.29, 0.717) is 12.5 Å². The van der Waals surface area contributed by atoms with Gasteiger partial charge in [0.15, 0.2) is 11.6 Å². The van der Waals surface area contributed by atoms with Gasteiger partial charge in [0, 0.05) is 13.2 Å².